The highest BCUT2D eigenvalue weighted by atomic mass is 32.2. The van der Waals surface area contributed by atoms with Gasteiger partial charge in [-0.1, -0.05) is 0 Å². The molecule has 0 radical (unpaired) electrons. The summed E-state index contributed by atoms with van der Waals surface area (Å²) in [4.78, 5) is 0. The Morgan fingerprint density at radius 3 is 2.40 bits per heavy atom. The number of methoxy groups -OCH3 is 1. The Kier molecular flexibility index (Phi) is 7.89. The van der Waals surface area contributed by atoms with Crippen molar-refractivity contribution in [2.45, 2.75) is 19.9 Å². The minimum Gasteiger partial charge on any atom is -0.383 e. The van der Waals surface area contributed by atoms with Crippen molar-refractivity contribution in [1.29, 1.82) is 0 Å². The minimum atomic E-state index is -3.34. The third-order valence-corrected chi connectivity index (χ3v) is 2.83. The summed E-state index contributed by atoms with van der Waals surface area (Å²) in [6.45, 7) is 5.84. The van der Waals surface area contributed by atoms with Crippen molar-refractivity contribution in [1.82, 2.24) is 14.8 Å². The topological polar surface area (TPSA) is 79.5 Å². The lowest BCUT2D eigenvalue weighted by atomic mass is 10.4. The highest BCUT2D eigenvalue weighted by Crippen LogP contribution is 1.82. The predicted molar refractivity (Wildman–Crippen MR) is 59.9 cm³/mol. The number of nitrogens with one attached hydrogen (secondary N) is 3. The Hall–Kier alpha value is -0.210. The highest BCUT2D eigenvalue weighted by molar-refractivity contribution is 7.87. The molecule has 0 atom stereocenters. The fraction of sp³-hybridized carbons (Fsp3) is 1.00. The van der Waals surface area contributed by atoms with Crippen LogP contribution in [0.2, 0.25) is 0 Å². The summed E-state index contributed by atoms with van der Waals surface area (Å²) in [5, 5.41) is 3.03. The Balaban J connectivity index is 3.50. The van der Waals surface area contributed by atoms with E-state index in [1.165, 1.54) is 0 Å². The van der Waals surface area contributed by atoms with Crippen LogP contribution in [-0.4, -0.2) is 47.8 Å². The molecule has 0 aliphatic carbocycles. The van der Waals surface area contributed by atoms with Crippen molar-refractivity contribution in [2.75, 3.05) is 33.4 Å². The van der Waals surface area contributed by atoms with Crippen molar-refractivity contribution in [3.63, 3.8) is 0 Å². The molecule has 0 saturated heterocycles. The third kappa shape index (κ3) is 10.1. The van der Waals surface area contributed by atoms with E-state index >= 15 is 0 Å². The summed E-state index contributed by atoms with van der Waals surface area (Å²) in [5.41, 5.74) is 0. The second kappa shape index (κ2) is 8.00. The standard InChI is InChI=1S/C8H21N3O3S/c1-8(2)11-15(12,13)10-5-4-9-6-7-14-3/h8-11H,4-7H2,1-3H3. The summed E-state index contributed by atoms with van der Waals surface area (Å²) in [6.07, 6.45) is 0. The summed E-state index contributed by atoms with van der Waals surface area (Å²) in [7, 11) is -1.72. The maximum absolute atomic E-state index is 11.3. The van der Waals surface area contributed by atoms with Crippen LogP contribution in [0, 0.1) is 0 Å². The van der Waals surface area contributed by atoms with Crippen molar-refractivity contribution < 1.29 is 13.2 Å². The summed E-state index contributed by atoms with van der Waals surface area (Å²) < 4.78 is 32.2. The van der Waals surface area contributed by atoms with E-state index in [1.54, 1.807) is 21.0 Å². The summed E-state index contributed by atoms with van der Waals surface area (Å²) in [6, 6.07) is -0.0936. The first kappa shape index (κ1) is 14.8. The molecule has 7 heteroatoms. The van der Waals surface area contributed by atoms with Crippen LogP contribution >= 0.6 is 0 Å². The molecule has 15 heavy (non-hydrogen) atoms. The van der Waals surface area contributed by atoms with Crippen molar-refractivity contribution in [3.8, 4) is 0 Å². The molecule has 0 aliphatic rings. The van der Waals surface area contributed by atoms with Crippen LogP contribution < -0.4 is 14.8 Å². The van der Waals surface area contributed by atoms with E-state index in [4.69, 9.17) is 4.74 Å². The van der Waals surface area contributed by atoms with Crippen LogP contribution in [0.1, 0.15) is 13.8 Å². The second-order valence-electron chi connectivity index (χ2n) is 3.41. The molecule has 0 amide bonds. The zero-order chi connectivity index (χ0) is 11.7. The number of ether oxygens (including phenoxy) is 1. The number of hydrogen-bond donors (Lipinski definition) is 3. The average Bonchev–Trinajstić information content (AvgIpc) is 2.08. The van der Waals surface area contributed by atoms with Gasteiger partial charge in [0.15, 0.2) is 0 Å². The van der Waals surface area contributed by atoms with Crippen LogP contribution in [0.3, 0.4) is 0 Å². The SMILES string of the molecule is COCCNCCNS(=O)(=O)NC(C)C. The monoisotopic (exact) mass is 239 g/mol. The number of hydrogen-bond acceptors (Lipinski definition) is 4. The molecule has 0 spiro atoms. The molecule has 0 fully saturated rings. The van der Waals surface area contributed by atoms with Gasteiger partial charge in [0, 0.05) is 32.8 Å². The van der Waals surface area contributed by atoms with E-state index in [0.717, 1.165) is 6.54 Å². The number of rotatable bonds is 9. The zero-order valence-corrected chi connectivity index (χ0v) is 10.4. The van der Waals surface area contributed by atoms with Crippen LogP contribution in [0.25, 0.3) is 0 Å². The lowest BCUT2D eigenvalue weighted by Crippen LogP contribution is -2.42. The lowest BCUT2D eigenvalue weighted by Gasteiger charge is -2.10. The fourth-order valence-electron chi connectivity index (χ4n) is 0.925. The molecule has 0 bridgehead atoms. The molecular formula is C8H21N3O3S. The largest absolute Gasteiger partial charge is 0.383 e. The van der Waals surface area contributed by atoms with Crippen molar-refractivity contribution in [3.05, 3.63) is 0 Å². The molecule has 0 heterocycles. The van der Waals surface area contributed by atoms with Gasteiger partial charge < -0.3 is 10.1 Å². The molecule has 0 aromatic heterocycles. The zero-order valence-electron chi connectivity index (χ0n) is 9.54. The minimum absolute atomic E-state index is 0.0936. The van der Waals surface area contributed by atoms with Gasteiger partial charge in [0.05, 0.1) is 6.61 Å². The first-order chi connectivity index (χ1) is 6.98. The third-order valence-electron chi connectivity index (χ3n) is 1.47. The van der Waals surface area contributed by atoms with Gasteiger partial charge in [0.25, 0.3) is 10.2 Å². The van der Waals surface area contributed by atoms with E-state index in [-0.39, 0.29) is 6.04 Å². The van der Waals surface area contributed by atoms with Gasteiger partial charge in [-0.3, -0.25) is 0 Å². The maximum atomic E-state index is 11.3. The molecule has 0 aliphatic heterocycles. The first-order valence-corrected chi connectivity index (χ1v) is 6.43. The molecule has 0 unspecified atom stereocenters. The fourth-order valence-corrected chi connectivity index (χ4v) is 2.00. The summed E-state index contributed by atoms with van der Waals surface area (Å²) in [5.74, 6) is 0. The lowest BCUT2D eigenvalue weighted by molar-refractivity contribution is 0.199. The Morgan fingerprint density at radius 2 is 1.87 bits per heavy atom. The Labute approximate surface area is 92.0 Å². The molecule has 6 nitrogen and oxygen atoms in total. The van der Waals surface area contributed by atoms with Gasteiger partial charge >= 0.3 is 0 Å². The normalized spacial score (nSPS) is 12.3. The molecular weight excluding hydrogens is 218 g/mol. The van der Waals surface area contributed by atoms with Gasteiger partial charge in [0.2, 0.25) is 0 Å². The molecule has 0 rings (SSSR count). The Morgan fingerprint density at radius 1 is 1.20 bits per heavy atom. The van der Waals surface area contributed by atoms with E-state index in [9.17, 15) is 8.42 Å². The summed E-state index contributed by atoms with van der Waals surface area (Å²) >= 11 is 0. The van der Waals surface area contributed by atoms with Crippen LogP contribution in [0.4, 0.5) is 0 Å². The quantitative estimate of drug-likeness (QED) is 0.454. The van der Waals surface area contributed by atoms with Gasteiger partial charge in [-0.05, 0) is 13.8 Å². The highest BCUT2D eigenvalue weighted by Gasteiger charge is 2.09. The smallest absolute Gasteiger partial charge is 0.277 e. The van der Waals surface area contributed by atoms with Crippen LogP contribution in [0.5, 0.6) is 0 Å². The van der Waals surface area contributed by atoms with E-state index < -0.39 is 10.2 Å². The predicted octanol–water partition coefficient (Wildman–Crippen LogP) is -0.945. The van der Waals surface area contributed by atoms with Gasteiger partial charge in [-0.25, -0.2) is 4.72 Å². The van der Waals surface area contributed by atoms with E-state index in [2.05, 4.69) is 14.8 Å². The molecule has 0 saturated carbocycles. The first-order valence-electron chi connectivity index (χ1n) is 4.94. The molecule has 3 N–H and O–H groups in total. The van der Waals surface area contributed by atoms with E-state index in [1.807, 2.05) is 0 Å². The van der Waals surface area contributed by atoms with Crippen LogP contribution in [0.15, 0.2) is 0 Å². The van der Waals surface area contributed by atoms with Crippen LogP contribution in [-0.2, 0) is 14.9 Å². The molecule has 92 valence electrons. The van der Waals surface area contributed by atoms with Gasteiger partial charge in [0.1, 0.15) is 0 Å². The van der Waals surface area contributed by atoms with Gasteiger partial charge in [-0.2, -0.15) is 13.1 Å². The van der Waals surface area contributed by atoms with Gasteiger partial charge in [-0.15, -0.1) is 0 Å². The molecule has 0 aromatic rings. The molecule has 0 aromatic carbocycles. The van der Waals surface area contributed by atoms with E-state index in [0.29, 0.717) is 19.7 Å². The average molecular weight is 239 g/mol. The van der Waals surface area contributed by atoms with Crippen molar-refractivity contribution in [2.24, 2.45) is 0 Å². The van der Waals surface area contributed by atoms with Crippen molar-refractivity contribution >= 4 is 10.2 Å². The second-order valence-corrected chi connectivity index (χ2v) is 4.94. The Bertz CT molecular complexity index is 242. The maximum Gasteiger partial charge on any atom is 0.277 e.